The molecule has 1 N–H and O–H groups in total. The summed E-state index contributed by atoms with van der Waals surface area (Å²) in [6.45, 7) is 6.86. The minimum absolute atomic E-state index is 0.0663. The van der Waals surface area contributed by atoms with Crippen LogP contribution in [0, 0.1) is 0 Å². The summed E-state index contributed by atoms with van der Waals surface area (Å²) in [5.41, 5.74) is 0.298. The fraction of sp³-hybridized carbons (Fsp3) is 0.579. The highest BCUT2D eigenvalue weighted by Crippen LogP contribution is 2.28. The van der Waals surface area contributed by atoms with E-state index in [2.05, 4.69) is 5.23 Å². The molecule has 155 valence electrons. The predicted molar refractivity (Wildman–Crippen MR) is 115 cm³/mol. The maximum atomic E-state index is 12.1. The molecular weight excluding hydrogens is 402 g/mol. The van der Waals surface area contributed by atoms with Crippen LogP contribution in [0.25, 0.3) is 0 Å². The Morgan fingerprint density at radius 3 is 2.46 bits per heavy atom. The average Bonchev–Trinajstić information content (AvgIpc) is 2.62. The van der Waals surface area contributed by atoms with Crippen molar-refractivity contribution in [2.75, 3.05) is 36.4 Å². The third-order valence-electron chi connectivity index (χ3n) is 3.59. The number of nitrogens with zero attached hydrogens (tertiary/aromatic N) is 1. The standard InChI is InChI=1S/C19H28BCl2N2O4/c1-19(2,3)28-18(26)12-15(23-20-14-25)13-27-17-7-5-4-6-16(17)24(10-8-21)11-9-22/h4-7,14-15,23H,8-13H2,1-3H3/t15-/m0/s1. The van der Waals surface area contributed by atoms with E-state index in [1.54, 1.807) is 20.8 Å². The van der Waals surface area contributed by atoms with Gasteiger partial charge in [-0.2, -0.15) is 0 Å². The lowest BCUT2D eigenvalue weighted by Gasteiger charge is -2.26. The fourth-order valence-electron chi connectivity index (χ4n) is 2.51. The van der Waals surface area contributed by atoms with Crippen LogP contribution in [0.5, 0.6) is 5.75 Å². The van der Waals surface area contributed by atoms with Crippen molar-refractivity contribution in [1.82, 2.24) is 5.23 Å². The molecular formula is C19H28BCl2N2O4. The zero-order valence-electron chi connectivity index (χ0n) is 16.6. The first-order valence-electron chi connectivity index (χ1n) is 9.14. The molecule has 1 radical (unpaired) electrons. The number of hydrogen-bond donors (Lipinski definition) is 1. The molecule has 6 nitrogen and oxygen atoms in total. The Bertz CT molecular complexity index is 608. The van der Waals surface area contributed by atoms with Crippen LogP contribution in [0.2, 0.25) is 0 Å². The Kier molecular flexibility index (Phi) is 11.3. The summed E-state index contributed by atoms with van der Waals surface area (Å²) in [7, 11) is 1.25. The Morgan fingerprint density at radius 1 is 1.25 bits per heavy atom. The first-order chi connectivity index (χ1) is 13.3. The van der Waals surface area contributed by atoms with Crippen molar-refractivity contribution in [2.45, 2.75) is 38.8 Å². The van der Waals surface area contributed by atoms with Crippen LogP contribution >= 0.6 is 23.2 Å². The van der Waals surface area contributed by atoms with Crippen molar-refractivity contribution in [3.63, 3.8) is 0 Å². The van der Waals surface area contributed by atoms with Gasteiger partial charge in [-0.05, 0) is 32.9 Å². The summed E-state index contributed by atoms with van der Waals surface area (Å²) in [5, 5.41) is 2.88. The van der Waals surface area contributed by atoms with Gasteiger partial charge >= 0.3 is 5.97 Å². The second kappa shape index (κ2) is 12.9. The molecule has 9 heteroatoms. The quantitative estimate of drug-likeness (QED) is 0.225. The van der Waals surface area contributed by atoms with Gasteiger partial charge in [0.15, 0.2) is 0 Å². The number of hydrogen-bond acceptors (Lipinski definition) is 6. The first kappa shape index (κ1) is 24.6. The third-order valence-corrected chi connectivity index (χ3v) is 3.93. The Balaban J connectivity index is 2.83. The third kappa shape index (κ3) is 9.67. The zero-order chi connectivity index (χ0) is 21.0. The number of benzene rings is 1. The van der Waals surface area contributed by atoms with Crippen molar-refractivity contribution < 1.29 is 19.1 Å². The number of ether oxygens (including phenoxy) is 2. The van der Waals surface area contributed by atoms with E-state index in [9.17, 15) is 9.59 Å². The van der Waals surface area contributed by atoms with Gasteiger partial charge in [0.1, 0.15) is 18.0 Å². The van der Waals surface area contributed by atoms with Gasteiger partial charge in [-0.1, -0.05) is 12.1 Å². The van der Waals surface area contributed by atoms with Crippen molar-refractivity contribution in [2.24, 2.45) is 0 Å². The van der Waals surface area contributed by atoms with Crippen LogP contribution in [0.15, 0.2) is 24.3 Å². The molecule has 0 bridgehead atoms. The maximum absolute atomic E-state index is 12.1. The molecule has 0 fully saturated rings. The monoisotopic (exact) mass is 429 g/mol. The van der Waals surface area contributed by atoms with Crippen LogP contribution < -0.4 is 14.9 Å². The van der Waals surface area contributed by atoms with Gasteiger partial charge in [-0.25, -0.2) is 0 Å². The van der Waals surface area contributed by atoms with Crippen molar-refractivity contribution in [3.05, 3.63) is 24.3 Å². The Labute approximate surface area is 178 Å². The highest BCUT2D eigenvalue weighted by Gasteiger charge is 2.21. The number of nitrogens with one attached hydrogen (secondary N) is 1. The summed E-state index contributed by atoms with van der Waals surface area (Å²) in [4.78, 5) is 24.9. The van der Waals surface area contributed by atoms with Gasteiger partial charge in [0.2, 0.25) is 0 Å². The predicted octanol–water partition coefficient (Wildman–Crippen LogP) is 2.85. The molecule has 0 aliphatic carbocycles. The number of anilines is 1. The largest absolute Gasteiger partial charge is 0.490 e. The lowest BCUT2D eigenvalue weighted by molar-refractivity contribution is -0.155. The van der Waals surface area contributed by atoms with Gasteiger partial charge in [0, 0.05) is 30.9 Å². The van der Waals surface area contributed by atoms with Crippen LogP contribution in [-0.2, 0) is 14.3 Å². The second-order valence-electron chi connectivity index (χ2n) is 7.10. The highest BCUT2D eigenvalue weighted by atomic mass is 35.5. The van der Waals surface area contributed by atoms with E-state index >= 15 is 0 Å². The number of esters is 1. The van der Waals surface area contributed by atoms with Crippen LogP contribution in [0.3, 0.4) is 0 Å². The topological polar surface area (TPSA) is 67.9 Å². The average molecular weight is 430 g/mol. The molecule has 1 aromatic rings. The van der Waals surface area contributed by atoms with E-state index < -0.39 is 11.6 Å². The van der Waals surface area contributed by atoms with Gasteiger partial charge in [0.25, 0.3) is 7.41 Å². The molecule has 1 rings (SSSR count). The van der Waals surface area contributed by atoms with Crippen LogP contribution in [-0.4, -0.2) is 62.7 Å². The summed E-state index contributed by atoms with van der Waals surface area (Å²) < 4.78 is 11.3. The molecule has 0 spiro atoms. The number of carbonyl (C=O) groups is 2. The van der Waals surface area contributed by atoms with E-state index in [4.69, 9.17) is 32.7 Å². The van der Waals surface area contributed by atoms with Crippen molar-refractivity contribution in [3.8, 4) is 5.75 Å². The normalized spacial score (nSPS) is 12.2. The molecule has 0 aliphatic rings. The molecule has 0 heterocycles. The summed E-state index contributed by atoms with van der Waals surface area (Å²) in [5.74, 6) is 1.21. The first-order valence-corrected chi connectivity index (χ1v) is 10.2. The van der Waals surface area contributed by atoms with Crippen molar-refractivity contribution in [1.29, 1.82) is 0 Å². The Morgan fingerprint density at radius 2 is 1.89 bits per heavy atom. The second-order valence-corrected chi connectivity index (χ2v) is 7.86. The lowest BCUT2D eigenvalue weighted by Crippen LogP contribution is -2.41. The summed E-state index contributed by atoms with van der Waals surface area (Å²) >= 11 is 11.8. The molecule has 1 atom stereocenters. The number of para-hydroxylation sites is 2. The Hall–Kier alpha value is -1.44. The fourth-order valence-corrected chi connectivity index (χ4v) is 2.92. The zero-order valence-corrected chi connectivity index (χ0v) is 18.1. The molecule has 1 aromatic carbocycles. The van der Waals surface area contributed by atoms with E-state index in [-0.39, 0.29) is 19.0 Å². The number of rotatable bonds is 13. The molecule has 0 aliphatic heterocycles. The molecule has 0 amide bonds. The van der Waals surface area contributed by atoms with Crippen LogP contribution in [0.4, 0.5) is 5.69 Å². The van der Waals surface area contributed by atoms with Crippen molar-refractivity contribution >= 4 is 48.5 Å². The van der Waals surface area contributed by atoms with E-state index in [1.165, 1.54) is 7.41 Å². The molecule has 0 saturated carbocycles. The minimum Gasteiger partial charge on any atom is -0.490 e. The SMILES string of the molecule is CC(C)(C)OC(=O)C[C@@H](COc1ccccc1N(CCCl)CCCl)N[B]C=O. The number of halogens is 2. The highest BCUT2D eigenvalue weighted by molar-refractivity contribution is 6.64. The van der Waals surface area contributed by atoms with Gasteiger partial charge < -0.3 is 24.4 Å². The van der Waals surface area contributed by atoms with E-state index in [0.29, 0.717) is 36.8 Å². The van der Waals surface area contributed by atoms with Gasteiger partial charge in [-0.3, -0.25) is 4.79 Å². The van der Waals surface area contributed by atoms with E-state index in [1.807, 2.05) is 29.2 Å². The lowest BCUT2D eigenvalue weighted by atomic mass is 9.96. The molecule has 28 heavy (non-hydrogen) atoms. The minimum atomic E-state index is -0.576. The maximum Gasteiger partial charge on any atom is 0.307 e. The summed E-state index contributed by atoms with van der Waals surface area (Å²) in [6, 6.07) is 7.14. The molecule has 0 aromatic heterocycles. The van der Waals surface area contributed by atoms with E-state index in [0.717, 1.165) is 5.69 Å². The molecule has 0 saturated heterocycles. The van der Waals surface area contributed by atoms with Gasteiger partial charge in [-0.15, -0.1) is 23.2 Å². The van der Waals surface area contributed by atoms with Crippen LogP contribution in [0.1, 0.15) is 27.2 Å². The number of carbonyl (C=O) groups excluding carboxylic acids is 2. The van der Waals surface area contributed by atoms with Gasteiger partial charge in [0.05, 0.1) is 18.3 Å². The smallest absolute Gasteiger partial charge is 0.307 e. The number of alkyl halides is 2. The summed E-state index contributed by atoms with van der Waals surface area (Å²) in [6.07, 6.45) is 0.690. The molecule has 0 unspecified atom stereocenters.